The van der Waals surface area contributed by atoms with E-state index >= 15 is 0 Å². The maximum Gasteiger partial charge on any atom is 0.273 e. The fraction of sp³-hybridized carbons (Fsp3) is 0.333. The number of nitrogens with one attached hydrogen (secondary N) is 2. The molecule has 1 aliphatic rings. The van der Waals surface area contributed by atoms with E-state index in [4.69, 9.17) is 32.5 Å². The van der Waals surface area contributed by atoms with Crippen molar-refractivity contribution < 1.29 is 14.1 Å². The molecule has 3 rings (SSSR count). The minimum absolute atomic E-state index is 0.0796. The van der Waals surface area contributed by atoms with Crippen molar-refractivity contribution in [3.8, 4) is 5.75 Å². The zero-order valence-corrected chi connectivity index (χ0v) is 13.7. The van der Waals surface area contributed by atoms with E-state index < -0.39 is 0 Å². The third-order valence-electron chi connectivity index (χ3n) is 3.49. The number of nitrogens with zero attached hydrogens (tertiary/aromatic N) is 1. The van der Waals surface area contributed by atoms with Gasteiger partial charge < -0.3 is 19.9 Å². The molecule has 2 heterocycles. The maximum absolute atomic E-state index is 11.9. The molecule has 1 aliphatic heterocycles. The van der Waals surface area contributed by atoms with Crippen molar-refractivity contribution >= 4 is 29.1 Å². The predicted molar refractivity (Wildman–Crippen MR) is 86.0 cm³/mol. The van der Waals surface area contributed by atoms with Crippen LogP contribution in [0, 0.1) is 5.92 Å². The molecule has 122 valence electrons. The molecule has 0 unspecified atom stereocenters. The van der Waals surface area contributed by atoms with Crippen molar-refractivity contribution in [3.63, 3.8) is 0 Å². The van der Waals surface area contributed by atoms with E-state index in [0.29, 0.717) is 34.0 Å². The number of carbonyl (C=O) groups excluding carboxylic acids is 1. The quantitative estimate of drug-likeness (QED) is 0.832. The van der Waals surface area contributed by atoms with Gasteiger partial charge in [0.2, 0.25) is 0 Å². The summed E-state index contributed by atoms with van der Waals surface area (Å²) in [6.07, 6.45) is 0. The Kier molecular flexibility index (Phi) is 5.05. The summed E-state index contributed by atoms with van der Waals surface area (Å²) in [6.45, 7) is 2.56. The van der Waals surface area contributed by atoms with E-state index in [0.717, 1.165) is 13.1 Å². The van der Waals surface area contributed by atoms with Crippen molar-refractivity contribution in [2.75, 3.05) is 19.6 Å². The zero-order chi connectivity index (χ0) is 16.2. The largest absolute Gasteiger partial charge is 0.482 e. The van der Waals surface area contributed by atoms with Gasteiger partial charge in [0.15, 0.2) is 17.2 Å². The molecule has 1 fully saturated rings. The Morgan fingerprint density at radius 2 is 2.13 bits per heavy atom. The van der Waals surface area contributed by atoms with Gasteiger partial charge in [0.25, 0.3) is 5.91 Å². The smallest absolute Gasteiger partial charge is 0.273 e. The Morgan fingerprint density at radius 1 is 1.39 bits per heavy atom. The first-order chi connectivity index (χ1) is 11.1. The molecule has 6 nitrogen and oxygen atoms in total. The molecule has 0 aliphatic carbocycles. The molecule has 0 radical (unpaired) electrons. The van der Waals surface area contributed by atoms with Crippen molar-refractivity contribution in [1.29, 1.82) is 0 Å². The third kappa shape index (κ3) is 3.96. The summed E-state index contributed by atoms with van der Waals surface area (Å²) in [7, 11) is 0. The number of carbonyl (C=O) groups is 1. The SMILES string of the molecule is O=C(NCC1CNC1)c1cc(COc2c(Cl)cccc2Cl)on1. The van der Waals surface area contributed by atoms with E-state index in [9.17, 15) is 4.79 Å². The second kappa shape index (κ2) is 7.21. The molecule has 1 aromatic heterocycles. The second-order valence-electron chi connectivity index (χ2n) is 5.25. The normalized spacial score (nSPS) is 14.3. The maximum atomic E-state index is 11.9. The van der Waals surface area contributed by atoms with Gasteiger partial charge in [-0.05, 0) is 12.1 Å². The molecule has 0 atom stereocenters. The number of hydrogen-bond donors (Lipinski definition) is 2. The van der Waals surface area contributed by atoms with Crippen LogP contribution in [0.25, 0.3) is 0 Å². The highest BCUT2D eigenvalue weighted by Crippen LogP contribution is 2.32. The highest BCUT2D eigenvalue weighted by Gasteiger charge is 2.19. The van der Waals surface area contributed by atoms with Crippen LogP contribution in [0.2, 0.25) is 10.0 Å². The summed E-state index contributed by atoms with van der Waals surface area (Å²) in [5.41, 5.74) is 0.223. The summed E-state index contributed by atoms with van der Waals surface area (Å²) < 4.78 is 10.6. The Morgan fingerprint density at radius 3 is 2.78 bits per heavy atom. The van der Waals surface area contributed by atoms with Crippen LogP contribution < -0.4 is 15.4 Å². The average molecular weight is 356 g/mol. The lowest BCUT2D eigenvalue weighted by atomic mass is 10.0. The molecule has 0 saturated carbocycles. The first-order valence-electron chi connectivity index (χ1n) is 7.15. The number of amides is 1. The van der Waals surface area contributed by atoms with Crippen LogP contribution in [0.3, 0.4) is 0 Å². The first-order valence-corrected chi connectivity index (χ1v) is 7.90. The van der Waals surface area contributed by atoms with Crippen molar-refractivity contribution in [2.24, 2.45) is 5.92 Å². The standard InChI is InChI=1S/C15H15Cl2N3O3/c16-11-2-1-3-12(17)14(11)22-8-10-4-13(20-23-10)15(21)19-7-9-5-18-6-9/h1-4,9,18H,5-8H2,(H,19,21). The number of aromatic nitrogens is 1. The average Bonchev–Trinajstić information content (AvgIpc) is 2.94. The number of para-hydroxylation sites is 1. The number of ether oxygens (including phenoxy) is 1. The van der Waals surface area contributed by atoms with Crippen LogP contribution in [0.1, 0.15) is 16.2 Å². The van der Waals surface area contributed by atoms with Gasteiger partial charge in [0.05, 0.1) is 10.0 Å². The highest BCUT2D eigenvalue weighted by atomic mass is 35.5. The van der Waals surface area contributed by atoms with Crippen LogP contribution >= 0.6 is 23.2 Å². The summed E-state index contributed by atoms with van der Waals surface area (Å²) in [6, 6.07) is 6.62. The van der Waals surface area contributed by atoms with Crippen LogP contribution in [0.15, 0.2) is 28.8 Å². The van der Waals surface area contributed by atoms with E-state index in [1.165, 1.54) is 0 Å². The lowest BCUT2D eigenvalue weighted by Crippen LogP contribution is -2.48. The molecule has 0 spiro atoms. The molecule has 8 heteroatoms. The fourth-order valence-electron chi connectivity index (χ4n) is 2.07. The molecule has 1 amide bonds. The van der Waals surface area contributed by atoms with Crippen molar-refractivity contribution in [3.05, 3.63) is 45.8 Å². The van der Waals surface area contributed by atoms with Gasteiger partial charge in [-0.1, -0.05) is 34.4 Å². The fourth-order valence-corrected chi connectivity index (χ4v) is 2.58. The van der Waals surface area contributed by atoms with Crippen molar-refractivity contribution in [2.45, 2.75) is 6.61 Å². The molecule has 0 bridgehead atoms. The molecular formula is C15H15Cl2N3O3. The van der Waals surface area contributed by atoms with Crippen LogP contribution in [0.4, 0.5) is 0 Å². The Balaban J connectivity index is 1.55. The van der Waals surface area contributed by atoms with E-state index in [1.807, 2.05) is 0 Å². The Labute approximate surface area is 143 Å². The molecular weight excluding hydrogens is 341 g/mol. The molecule has 1 saturated heterocycles. The number of hydrogen-bond acceptors (Lipinski definition) is 5. The van der Waals surface area contributed by atoms with Crippen LogP contribution in [-0.2, 0) is 6.61 Å². The van der Waals surface area contributed by atoms with Gasteiger partial charge in [0, 0.05) is 31.6 Å². The van der Waals surface area contributed by atoms with Gasteiger partial charge >= 0.3 is 0 Å². The van der Waals surface area contributed by atoms with Crippen LogP contribution in [0.5, 0.6) is 5.75 Å². The number of rotatable bonds is 6. The summed E-state index contributed by atoms with van der Waals surface area (Å²) in [4.78, 5) is 11.9. The van der Waals surface area contributed by atoms with Gasteiger partial charge in [-0.3, -0.25) is 4.79 Å². The van der Waals surface area contributed by atoms with E-state index in [-0.39, 0.29) is 18.2 Å². The van der Waals surface area contributed by atoms with Crippen molar-refractivity contribution in [1.82, 2.24) is 15.8 Å². The third-order valence-corrected chi connectivity index (χ3v) is 4.08. The molecule has 23 heavy (non-hydrogen) atoms. The number of halogens is 2. The second-order valence-corrected chi connectivity index (χ2v) is 6.07. The molecule has 1 aromatic carbocycles. The highest BCUT2D eigenvalue weighted by molar-refractivity contribution is 6.37. The van der Waals surface area contributed by atoms with E-state index in [1.54, 1.807) is 24.3 Å². The summed E-state index contributed by atoms with van der Waals surface area (Å²) in [5.74, 6) is 1.01. The van der Waals surface area contributed by atoms with Crippen LogP contribution in [-0.4, -0.2) is 30.7 Å². The van der Waals surface area contributed by atoms with E-state index in [2.05, 4.69) is 15.8 Å². The topological polar surface area (TPSA) is 76.4 Å². The summed E-state index contributed by atoms with van der Waals surface area (Å²) in [5, 5.41) is 10.5. The molecule has 2 N–H and O–H groups in total. The van der Waals surface area contributed by atoms with Gasteiger partial charge in [-0.25, -0.2) is 0 Å². The number of benzene rings is 1. The lowest BCUT2D eigenvalue weighted by Gasteiger charge is -2.26. The monoisotopic (exact) mass is 355 g/mol. The minimum atomic E-state index is -0.261. The Bertz CT molecular complexity index is 681. The lowest BCUT2D eigenvalue weighted by molar-refractivity contribution is 0.0933. The predicted octanol–water partition coefficient (Wildman–Crippen LogP) is 2.51. The zero-order valence-electron chi connectivity index (χ0n) is 12.1. The Hall–Kier alpha value is -1.76. The minimum Gasteiger partial charge on any atom is -0.482 e. The van der Waals surface area contributed by atoms with Gasteiger partial charge in [0.1, 0.15) is 6.61 Å². The first kappa shape index (κ1) is 16.1. The van der Waals surface area contributed by atoms with Gasteiger partial charge in [-0.2, -0.15) is 0 Å². The van der Waals surface area contributed by atoms with Gasteiger partial charge in [-0.15, -0.1) is 0 Å². The molecule has 2 aromatic rings. The summed E-state index contributed by atoms with van der Waals surface area (Å²) >= 11 is 12.0.